The molecule has 0 radical (unpaired) electrons. The maximum Gasteiger partial charge on any atom is 0.0998 e. The van der Waals surface area contributed by atoms with Gasteiger partial charge < -0.3 is 5.32 Å². The van der Waals surface area contributed by atoms with Gasteiger partial charge in [-0.25, -0.2) is 0 Å². The van der Waals surface area contributed by atoms with Gasteiger partial charge in [0.2, 0.25) is 0 Å². The minimum Gasteiger partial charge on any atom is -0.301 e. The maximum atomic E-state index is 6.16. The van der Waals surface area contributed by atoms with Crippen LogP contribution in [-0.4, -0.2) is 24.5 Å². The number of halogens is 4. The van der Waals surface area contributed by atoms with Crippen LogP contribution in [0.5, 0.6) is 0 Å². The van der Waals surface area contributed by atoms with Gasteiger partial charge in [0, 0.05) is 24.5 Å². The van der Waals surface area contributed by atoms with Gasteiger partial charge in [-0.05, 0) is 43.5 Å². The minimum atomic E-state index is 0.120. The highest BCUT2D eigenvalue weighted by Gasteiger charge is 2.18. The van der Waals surface area contributed by atoms with Crippen LogP contribution in [0.1, 0.15) is 19.3 Å². The number of para-hydroxylation sites is 2. The summed E-state index contributed by atoms with van der Waals surface area (Å²) >= 11 is 24.6. The Balaban J connectivity index is 1.68. The van der Waals surface area contributed by atoms with Crippen LogP contribution in [-0.2, 0) is 0 Å². The highest BCUT2D eigenvalue weighted by molar-refractivity contribution is 6.39. The fourth-order valence-corrected chi connectivity index (χ4v) is 3.78. The summed E-state index contributed by atoms with van der Waals surface area (Å²) in [6, 6.07) is 10.9. The van der Waals surface area contributed by atoms with Gasteiger partial charge in [0.25, 0.3) is 0 Å². The Morgan fingerprint density at radius 1 is 0.731 bits per heavy atom. The average molecular weight is 429 g/mol. The van der Waals surface area contributed by atoms with E-state index in [0.29, 0.717) is 31.5 Å². The molecular formula is C19H17Cl4N3. The van der Waals surface area contributed by atoms with Crippen molar-refractivity contribution in [1.82, 2.24) is 5.32 Å². The number of piperidine rings is 1. The van der Waals surface area contributed by atoms with Crippen molar-refractivity contribution in [3.63, 3.8) is 0 Å². The van der Waals surface area contributed by atoms with Crippen LogP contribution in [0.25, 0.3) is 0 Å². The van der Waals surface area contributed by atoms with Crippen LogP contribution in [0.2, 0.25) is 20.1 Å². The number of hydrogen-bond acceptors (Lipinski definition) is 3. The number of nitrogens with one attached hydrogen (secondary N) is 1. The summed E-state index contributed by atoms with van der Waals surface area (Å²) in [4.78, 5) is 8.94. The lowest BCUT2D eigenvalue weighted by Gasteiger charge is -2.26. The van der Waals surface area contributed by atoms with Crippen molar-refractivity contribution in [3.05, 3.63) is 56.5 Å². The van der Waals surface area contributed by atoms with E-state index < -0.39 is 0 Å². The summed E-state index contributed by atoms with van der Waals surface area (Å²) in [7, 11) is 0. The van der Waals surface area contributed by atoms with E-state index >= 15 is 0 Å². The van der Waals surface area contributed by atoms with E-state index in [0.717, 1.165) is 19.3 Å². The standard InChI is InChI=1S/C19H17Cl4N3/c20-14-6-2-7-15(21)18(14)24-10-12-4-1-5-13(26-12)11-25-19-16(22)8-3-9-17(19)23/h2-3,6-13,26H,1,4-5H2. The molecule has 3 nitrogen and oxygen atoms in total. The molecule has 2 aromatic carbocycles. The SMILES string of the molecule is Clc1cccc(Cl)c1N=CC1CCCC(C=Nc2c(Cl)cccc2Cl)N1. The quantitative estimate of drug-likeness (QED) is 0.527. The van der Waals surface area contributed by atoms with E-state index in [-0.39, 0.29) is 12.1 Å². The van der Waals surface area contributed by atoms with Crippen molar-refractivity contribution in [3.8, 4) is 0 Å². The Kier molecular flexibility index (Phi) is 6.96. The number of nitrogens with zero attached hydrogens (tertiary/aromatic N) is 2. The molecule has 0 spiro atoms. The molecule has 1 aliphatic heterocycles. The van der Waals surface area contributed by atoms with Crippen LogP contribution in [0.4, 0.5) is 11.4 Å². The van der Waals surface area contributed by atoms with Gasteiger partial charge in [-0.2, -0.15) is 0 Å². The third kappa shape index (κ3) is 4.99. The smallest absolute Gasteiger partial charge is 0.0998 e. The summed E-state index contributed by atoms with van der Waals surface area (Å²) in [5.74, 6) is 0. The van der Waals surface area contributed by atoms with E-state index in [1.165, 1.54) is 0 Å². The Bertz CT molecular complexity index is 728. The van der Waals surface area contributed by atoms with Crippen LogP contribution >= 0.6 is 46.4 Å². The molecule has 2 atom stereocenters. The van der Waals surface area contributed by atoms with Gasteiger partial charge in [0.1, 0.15) is 0 Å². The molecule has 3 rings (SSSR count). The molecule has 1 N–H and O–H groups in total. The lowest BCUT2D eigenvalue weighted by molar-refractivity contribution is 0.437. The third-order valence-corrected chi connectivity index (χ3v) is 5.32. The fraction of sp³-hybridized carbons (Fsp3) is 0.263. The van der Waals surface area contributed by atoms with E-state index in [1.807, 2.05) is 12.4 Å². The Hall–Kier alpha value is -1.10. The molecule has 0 aliphatic carbocycles. The van der Waals surface area contributed by atoms with Gasteiger partial charge in [-0.1, -0.05) is 58.5 Å². The van der Waals surface area contributed by atoms with Crippen LogP contribution in [0.15, 0.2) is 46.4 Å². The van der Waals surface area contributed by atoms with E-state index in [2.05, 4.69) is 15.3 Å². The summed E-state index contributed by atoms with van der Waals surface area (Å²) in [6.45, 7) is 0. The molecule has 1 heterocycles. The Morgan fingerprint density at radius 2 is 1.12 bits per heavy atom. The maximum absolute atomic E-state index is 6.16. The Labute approximate surface area is 173 Å². The van der Waals surface area contributed by atoms with Gasteiger partial charge in [0.15, 0.2) is 0 Å². The molecule has 1 saturated heterocycles. The predicted molar refractivity (Wildman–Crippen MR) is 114 cm³/mol. The first-order valence-electron chi connectivity index (χ1n) is 8.27. The summed E-state index contributed by atoms with van der Waals surface area (Å²) < 4.78 is 0. The second-order valence-corrected chi connectivity index (χ2v) is 7.64. The second-order valence-electron chi connectivity index (χ2n) is 6.01. The molecule has 0 saturated carbocycles. The van der Waals surface area contributed by atoms with Crippen molar-refractivity contribution in [2.45, 2.75) is 31.3 Å². The van der Waals surface area contributed by atoms with Crippen LogP contribution < -0.4 is 5.32 Å². The molecule has 2 aromatic rings. The van der Waals surface area contributed by atoms with Gasteiger partial charge in [-0.15, -0.1) is 0 Å². The first-order valence-corrected chi connectivity index (χ1v) is 9.78. The van der Waals surface area contributed by atoms with Gasteiger partial charge in [0.05, 0.1) is 31.5 Å². The van der Waals surface area contributed by atoms with Crippen molar-refractivity contribution < 1.29 is 0 Å². The zero-order chi connectivity index (χ0) is 18.5. The topological polar surface area (TPSA) is 36.8 Å². The number of aliphatic imine (C=N–C) groups is 2. The minimum absolute atomic E-state index is 0.120. The zero-order valence-corrected chi connectivity index (χ0v) is 16.8. The molecule has 1 fully saturated rings. The normalized spacial score (nSPS) is 20.9. The van der Waals surface area contributed by atoms with Crippen LogP contribution in [0.3, 0.4) is 0 Å². The lowest BCUT2D eigenvalue weighted by Crippen LogP contribution is -2.43. The van der Waals surface area contributed by atoms with Crippen molar-refractivity contribution in [2.24, 2.45) is 9.98 Å². The molecule has 0 amide bonds. The first kappa shape index (κ1) is 19.7. The van der Waals surface area contributed by atoms with E-state index in [4.69, 9.17) is 46.4 Å². The fourth-order valence-electron chi connectivity index (χ4n) is 2.79. The molecule has 136 valence electrons. The molecule has 26 heavy (non-hydrogen) atoms. The summed E-state index contributed by atoms with van der Waals surface area (Å²) in [5, 5.41) is 5.65. The average Bonchev–Trinajstić information content (AvgIpc) is 2.61. The molecule has 2 unspecified atom stereocenters. The molecule has 0 bridgehead atoms. The van der Waals surface area contributed by atoms with E-state index in [1.54, 1.807) is 36.4 Å². The number of benzene rings is 2. The van der Waals surface area contributed by atoms with Crippen molar-refractivity contribution >= 4 is 70.2 Å². The van der Waals surface area contributed by atoms with Gasteiger partial charge >= 0.3 is 0 Å². The largest absolute Gasteiger partial charge is 0.301 e. The Morgan fingerprint density at radius 3 is 1.50 bits per heavy atom. The molecule has 0 aromatic heterocycles. The third-order valence-electron chi connectivity index (χ3n) is 4.10. The first-order chi connectivity index (χ1) is 12.5. The number of hydrogen-bond donors (Lipinski definition) is 1. The molecular weight excluding hydrogens is 412 g/mol. The second kappa shape index (κ2) is 9.20. The monoisotopic (exact) mass is 427 g/mol. The van der Waals surface area contributed by atoms with Crippen molar-refractivity contribution in [2.75, 3.05) is 0 Å². The van der Waals surface area contributed by atoms with E-state index in [9.17, 15) is 0 Å². The highest BCUT2D eigenvalue weighted by Crippen LogP contribution is 2.33. The zero-order valence-electron chi connectivity index (χ0n) is 13.8. The van der Waals surface area contributed by atoms with Gasteiger partial charge in [-0.3, -0.25) is 9.98 Å². The van der Waals surface area contributed by atoms with Crippen molar-refractivity contribution in [1.29, 1.82) is 0 Å². The number of rotatable bonds is 4. The molecule has 7 heteroatoms. The summed E-state index contributed by atoms with van der Waals surface area (Å²) in [6.07, 6.45) is 6.75. The van der Waals surface area contributed by atoms with Crippen LogP contribution in [0, 0.1) is 0 Å². The lowest BCUT2D eigenvalue weighted by atomic mass is 10.00. The predicted octanol–water partition coefficient (Wildman–Crippen LogP) is 6.92. The molecule has 1 aliphatic rings. The summed E-state index contributed by atoms with van der Waals surface area (Å²) in [5.41, 5.74) is 1.19. The highest BCUT2D eigenvalue weighted by atomic mass is 35.5.